The molecule has 13 heavy (non-hydrogen) atoms. The summed E-state index contributed by atoms with van der Waals surface area (Å²) in [6.07, 6.45) is 13.5. The molecule has 2 nitrogen and oxygen atoms in total. The number of fused-ring (bicyclic) bond motifs is 1. The van der Waals surface area contributed by atoms with E-state index in [4.69, 9.17) is 5.73 Å². The zero-order valence-electron chi connectivity index (χ0n) is 7.14. The fourth-order valence-electron chi connectivity index (χ4n) is 1.22. The zero-order valence-corrected chi connectivity index (χ0v) is 7.14. The smallest absolute Gasteiger partial charge is 0.0703 e. The summed E-state index contributed by atoms with van der Waals surface area (Å²) in [6, 6.07) is 1.92. The molecule has 1 aliphatic rings. The first-order valence-corrected chi connectivity index (χ1v) is 4.13. The Hall–Kier alpha value is -1.83. The van der Waals surface area contributed by atoms with Gasteiger partial charge in [-0.2, -0.15) is 0 Å². The van der Waals surface area contributed by atoms with Gasteiger partial charge in [-0.05, 0) is 12.1 Å². The molecular weight excluding hydrogens is 160 g/mol. The second kappa shape index (κ2) is 3.27. The van der Waals surface area contributed by atoms with Gasteiger partial charge in [-0.25, -0.2) is 0 Å². The summed E-state index contributed by atoms with van der Waals surface area (Å²) in [5, 5.41) is 0. The molecule has 0 saturated heterocycles. The van der Waals surface area contributed by atoms with Crippen molar-refractivity contribution in [1.29, 1.82) is 0 Å². The van der Waals surface area contributed by atoms with E-state index in [1.807, 2.05) is 42.5 Å². The van der Waals surface area contributed by atoms with Crippen molar-refractivity contribution in [2.75, 3.05) is 5.73 Å². The first kappa shape index (κ1) is 7.80. The molecule has 0 aliphatic heterocycles. The first-order valence-electron chi connectivity index (χ1n) is 4.13. The third kappa shape index (κ3) is 1.67. The quantitative estimate of drug-likeness (QED) is 0.648. The fraction of sp³-hybridized carbons (Fsp3) is 0. The number of hydrogen-bond acceptors (Lipinski definition) is 2. The van der Waals surface area contributed by atoms with Crippen LogP contribution in [0, 0.1) is 0 Å². The first-order chi connectivity index (χ1) is 6.36. The Kier molecular flexibility index (Phi) is 1.96. The number of anilines is 1. The van der Waals surface area contributed by atoms with Crippen LogP contribution in [-0.2, 0) is 0 Å². The van der Waals surface area contributed by atoms with Crippen LogP contribution >= 0.6 is 0 Å². The van der Waals surface area contributed by atoms with Gasteiger partial charge >= 0.3 is 0 Å². The molecule has 1 aromatic heterocycles. The summed E-state index contributed by atoms with van der Waals surface area (Å²) in [4.78, 5) is 4.22. The Morgan fingerprint density at radius 3 is 2.62 bits per heavy atom. The molecule has 64 valence electrons. The maximum absolute atomic E-state index is 5.63. The van der Waals surface area contributed by atoms with Crippen LogP contribution in [0.25, 0.3) is 12.2 Å². The Morgan fingerprint density at radius 1 is 1.00 bits per heavy atom. The van der Waals surface area contributed by atoms with E-state index in [1.165, 1.54) is 0 Å². The van der Waals surface area contributed by atoms with E-state index in [9.17, 15) is 0 Å². The number of aromatic nitrogens is 1. The largest absolute Gasteiger partial charge is 0.397 e. The van der Waals surface area contributed by atoms with Crippen molar-refractivity contribution in [3.8, 4) is 0 Å². The third-order valence-corrected chi connectivity index (χ3v) is 1.83. The average molecular weight is 170 g/mol. The molecule has 0 bridgehead atoms. The van der Waals surface area contributed by atoms with Crippen molar-refractivity contribution >= 4 is 17.8 Å². The molecule has 0 radical (unpaired) electrons. The Morgan fingerprint density at radius 2 is 1.77 bits per heavy atom. The fourth-order valence-corrected chi connectivity index (χ4v) is 1.22. The zero-order chi connectivity index (χ0) is 9.10. The highest BCUT2D eigenvalue weighted by Gasteiger charge is 1.98. The summed E-state index contributed by atoms with van der Waals surface area (Å²) in [5.41, 5.74) is 8.34. The van der Waals surface area contributed by atoms with Gasteiger partial charge in [0.2, 0.25) is 0 Å². The number of pyridine rings is 1. The summed E-state index contributed by atoms with van der Waals surface area (Å²) >= 11 is 0. The van der Waals surface area contributed by atoms with Crippen LogP contribution in [-0.4, -0.2) is 4.98 Å². The number of hydrogen-bond donors (Lipinski definition) is 1. The molecule has 0 amide bonds. The van der Waals surface area contributed by atoms with Crippen molar-refractivity contribution < 1.29 is 0 Å². The van der Waals surface area contributed by atoms with E-state index in [-0.39, 0.29) is 0 Å². The monoisotopic (exact) mass is 170 g/mol. The lowest BCUT2D eigenvalue weighted by molar-refractivity contribution is 1.28. The number of nitrogen functional groups attached to an aromatic ring is 1. The molecule has 1 aromatic rings. The minimum absolute atomic E-state index is 0.696. The number of allylic oxidation sites excluding steroid dienone is 4. The van der Waals surface area contributed by atoms with E-state index in [1.54, 1.807) is 6.20 Å². The van der Waals surface area contributed by atoms with Gasteiger partial charge in [-0.1, -0.05) is 30.4 Å². The summed E-state index contributed by atoms with van der Waals surface area (Å²) in [7, 11) is 0. The predicted octanol–water partition coefficient (Wildman–Crippen LogP) is 2.26. The van der Waals surface area contributed by atoms with Crippen LogP contribution in [0.4, 0.5) is 5.69 Å². The van der Waals surface area contributed by atoms with E-state index in [2.05, 4.69) is 4.98 Å². The molecular formula is C11H10N2. The second-order valence-corrected chi connectivity index (χ2v) is 2.85. The van der Waals surface area contributed by atoms with Gasteiger partial charge in [0.25, 0.3) is 0 Å². The van der Waals surface area contributed by atoms with Crippen LogP contribution in [0.15, 0.2) is 36.6 Å². The van der Waals surface area contributed by atoms with E-state index in [0.717, 1.165) is 11.3 Å². The summed E-state index contributed by atoms with van der Waals surface area (Å²) in [6.45, 7) is 0. The summed E-state index contributed by atoms with van der Waals surface area (Å²) in [5.74, 6) is 0. The molecule has 0 spiro atoms. The van der Waals surface area contributed by atoms with E-state index < -0.39 is 0 Å². The van der Waals surface area contributed by atoms with Gasteiger partial charge in [-0.3, -0.25) is 4.98 Å². The van der Waals surface area contributed by atoms with Crippen molar-refractivity contribution in [1.82, 2.24) is 4.98 Å². The van der Waals surface area contributed by atoms with Gasteiger partial charge in [0.15, 0.2) is 0 Å². The van der Waals surface area contributed by atoms with Gasteiger partial charge < -0.3 is 5.73 Å². The molecule has 2 heteroatoms. The van der Waals surface area contributed by atoms with Crippen LogP contribution in [0.2, 0.25) is 0 Å². The van der Waals surface area contributed by atoms with Gasteiger partial charge in [0, 0.05) is 5.56 Å². The van der Waals surface area contributed by atoms with Gasteiger partial charge in [-0.15, -0.1) is 0 Å². The highest BCUT2D eigenvalue weighted by molar-refractivity contribution is 5.67. The third-order valence-electron chi connectivity index (χ3n) is 1.83. The Bertz CT molecular complexity index is 401. The molecule has 2 N–H and O–H groups in total. The van der Waals surface area contributed by atoms with Gasteiger partial charge in [0.1, 0.15) is 0 Å². The molecule has 2 rings (SSSR count). The highest BCUT2D eigenvalue weighted by atomic mass is 14.7. The minimum Gasteiger partial charge on any atom is -0.397 e. The average Bonchev–Trinajstić information content (AvgIpc) is 2.08. The van der Waals surface area contributed by atoms with Crippen LogP contribution < -0.4 is 5.73 Å². The lowest BCUT2D eigenvalue weighted by Crippen LogP contribution is -1.92. The number of rotatable bonds is 0. The highest BCUT2D eigenvalue weighted by Crippen LogP contribution is 2.15. The van der Waals surface area contributed by atoms with Gasteiger partial charge in [0.05, 0.1) is 17.6 Å². The maximum Gasteiger partial charge on any atom is 0.0703 e. The van der Waals surface area contributed by atoms with Crippen molar-refractivity contribution in [2.24, 2.45) is 0 Å². The normalized spacial score (nSPS) is 20.9. The molecule has 0 aromatic carbocycles. The SMILES string of the molecule is Nc1cnc2c(c1)\C=C/C=C\C=C/2. The minimum atomic E-state index is 0.696. The standard InChI is InChI=1S/C11H10N2/c12-10-7-9-5-3-1-2-4-6-11(9)13-8-10/h1-8H,12H2/b2-1-,3-1?,4-2?,5-3-,6-4-,9-5?,11-6?. The van der Waals surface area contributed by atoms with Crippen LogP contribution in [0.1, 0.15) is 11.3 Å². The van der Waals surface area contributed by atoms with Crippen LogP contribution in [0.3, 0.4) is 0 Å². The van der Waals surface area contributed by atoms with Crippen molar-refractivity contribution in [3.05, 3.63) is 47.8 Å². The topological polar surface area (TPSA) is 38.9 Å². The number of nitrogens with zero attached hydrogens (tertiary/aromatic N) is 1. The predicted molar refractivity (Wildman–Crippen MR) is 55.9 cm³/mol. The van der Waals surface area contributed by atoms with E-state index in [0.29, 0.717) is 5.69 Å². The molecule has 1 aliphatic carbocycles. The summed E-state index contributed by atoms with van der Waals surface area (Å²) < 4.78 is 0. The number of nitrogens with two attached hydrogens (primary N) is 1. The molecule has 0 saturated carbocycles. The maximum atomic E-state index is 5.63. The van der Waals surface area contributed by atoms with Crippen molar-refractivity contribution in [3.63, 3.8) is 0 Å². The van der Waals surface area contributed by atoms with E-state index >= 15 is 0 Å². The molecule has 1 heterocycles. The lowest BCUT2D eigenvalue weighted by Gasteiger charge is -2.02. The lowest BCUT2D eigenvalue weighted by atomic mass is 10.1. The molecule has 0 fully saturated rings. The second-order valence-electron chi connectivity index (χ2n) is 2.85. The van der Waals surface area contributed by atoms with Crippen molar-refractivity contribution in [2.45, 2.75) is 0 Å². The Labute approximate surface area is 77.1 Å². The van der Waals surface area contributed by atoms with Crippen LogP contribution in [0.5, 0.6) is 0 Å². The molecule has 0 unspecified atom stereocenters. The molecule has 0 atom stereocenters. The Balaban J connectivity index is 2.56.